The van der Waals surface area contributed by atoms with Gasteiger partial charge in [-0.2, -0.15) is 0 Å². The zero-order valence-electron chi connectivity index (χ0n) is 13.6. The zero-order chi connectivity index (χ0) is 15.9. The molecule has 5 heteroatoms. The van der Waals surface area contributed by atoms with E-state index >= 15 is 0 Å². The molecule has 0 unspecified atom stereocenters. The van der Waals surface area contributed by atoms with Crippen LogP contribution >= 0.6 is 0 Å². The zero-order valence-corrected chi connectivity index (χ0v) is 13.6. The Morgan fingerprint density at radius 2 is 2.05 bits per heavy atom. The highest BCUT2D eigenvalue weighted by Crippen LogP contribution is 2.13. The lowest BCUT2D eigenvalue weighted by Gasteiger charge is -2.39. The fraction of sp³-hybridized carbons (Fsp3) is 0.588. The van der Waals surface area contributed by atoms with Crippen molar-refractivity contribution < 1.29 is 9.53 Å². The molecular weight excluding hydrogens is 278 g/mol. The second-order valence-corrected chi connectivity index (χ2v) is 5.88. The Hall–Kier alpha value is -1.43. The van der Waals surface area contributed by atoms with Gasteiger partial charge in [-0.15, -0.1) is 0 Å². The highest BCUT2D eigenvalue weighted by atomic mass is 16.5. The molecule has 2 N–H and O–H groups in total. The molecule has 122 valence electrons. The van der Waals surface area contributed by atoms with Crippen molar-refractivity contribution in [2.75, 3.05) is 39.4 Å². The molecule has 0 aromatic heterocycles. The summed E-state index contributed by atoms with van der Waals surface area (Å²) in [6.07, 6.45) is 0. The molecule has 0 bridgehead atoms. The first-order valence-electron chi connectivity index (χ1n) is 8.03. The van der Waals surface area contributed by atoms with Gasteiger partial charge in [0.1, 0.15) is 0 Å². The molecule has 0 spiro atoms. The van der Waals surface area contributed by atoms with Crippen molar-refractivity contribution in [2.45, 2.75) is 26.4 Å². The quantitative estimate of drug-likeness (QED) is 0.772. The van der Waals surface area contributed by atoms with Crippen molar-refractivity contribution in [3.05, 3.63) is 35.4 Å². The third kappa shape index (κ3) is 4.80. The van der Waals surface area contributed by atoms with Crippen LogP contribution in [-0.2, 0) is 11.3 Å². The Kier molecular flexibility index (Phi) is 6.36. The Labute approximate surface area is 133 Å². The van der Waals surface area contributed by atoms with Crippen LogP contribution in [0.4, 0.5) is 0 Å². The summed E-state index contributed by atoms with van der Waals surface area (Å²) >= 11 is 0. The molecule has 0 radical (unpaired) electrons. The summed E-state index contributed by atoms with van der Waals surface area (Å²) in [5, 5.41) is 0. The second kappa shape index (κ2) is 8.27. The number of ether oxygens (including phenoxy) is 1. The minimum atomic E-state index is -0.372. The standard InChI is InChI=1S/C17H27N3O2/c1-3-22-11-10-20-9-8-19(12-14(20)2)13-15-4-6-16(7-5-15)17(18)21/h4-7,14H,3,8-13H2,1-2H3,(H2,18,21)/t14-/m1/s1. The van der Waals surface area contributed by atoms with E-state index < -0.39 is 0 Å². The molecule has 5 nitrogen and oxygen atoms in total. The lowest BCUT2D eigenvalue weighted by Crippen LogP contribution is -2.52. The van der Waals surface area contributed by atoms with Gasteiger partial charge in [-0.05, 0) is 31.5 Å². The van der Waals surface area contributed by atoms with Crippen LogP contribution in [0.15, 0.2) is 24.3 Å². The highest BCUT2D eigenvalue weighted by molar-refractivity contribution is 5.92. The van der Waals surface area contributed by atoms with Gasteiger partial charge in [0.15, 0.2) is 0 Å². The minimum absolute atomic E-state index is 0.372. The number of amides is 1. The number of hydrogen-bond acceptors (Lipinski definition) is 4. The number of rotatable bonds is 7. The van der Waals surface area contributed by atoms with Crippen LogP contribution in [0.25, 0.3) is 0 Å². The Morgan fingerprint density at radius 1 is 1.32 bits per heavy atom. The lowest BCUT2D eigenvalue weighted by molar-refractivity contribution is 0.0466. The molecule has 22 heavy (non-hydrogen) atoms. The van der Waals surface area contributed by atoms with E-state index in [1.165, 1.54) is 5.56 Å². The summed E-state index contributed by atoms with van der Waals surface area (Å²) < 4.78 is 5.44. The molecule has 1 amide bonds. The third-order valence-corrected chi connectivity index (χ3v) is 4.22. The van der Waals surface area contributed by atoms with Crippen molar-refractivity contribution in [2.24, 2.45) is 5.73 Å². The summed E-state index contributed by atoms with van der Waals surface area (Å²) in [6.45, 7) is 11.0. The maximum atomic E-state index is 11.1. The SMILES string of the molecule is CCOCCN1CCN(Cc2ccc(C(N)=O)cc2)C[C@H]1C. The third-order valence-electron chi connectivity index (χ3n) is 4.22. The second-order valence-electron chi connectivity index (χ2n) is 5.88. The largest absolute Gasteiger partial charge is 0.380 e. The molecule has 1 saturated heterocycles. The van der Waals surface area contributed by atoms with Gasteiger partial charge in [-0.1, -0.05) is 12.1 Å². The average molecular weight is 305 g/mol. The summed E-state index contributed by atoms with van der Waals surface area (Å²) in [5.41, 5.74) is 7.06. The molecule has 1 atom stereocenters. The van der Waals surface area contributed by atoms with E-state index in [9.17, 15) is 4.79 Å². The van der Waals surface area contributed by atoms with Gasteiger partial charge >= 0.3 is 0 Å². The molecule has 1 aromatic carbocycles. The number of primary amides is 1. The number of carbonyl (C=O) groups excluding carboxylic acids is 1. The lowest BCUT2D eigenvalue weighted by atomic mass is 10.1. The monoisotopic (exact) mass is 305 g/mol. The molecule has 2 rings (SSSR count). The summed E-state index contributed by atoms with van der Waals surface area (Å²) in [6, 6.07) is 8.14. The first-order valence-corrected chi connectivity index (χ1v) is 8.03. The first-order chi connectivity index (χ1) is 10.6. The van der Waals surface area contributed by atoms with Gasteiger partial charge in [0.05, 0.1) is 6.61 Å². The Morgan fingerprint density at radius 3 is 2.64 bits per heavy atom. The van der Waals surface area contributed by atoms with Crippen LogP contribution in [0.5, 0.6) is 0 Å². The van der Waals surface area contributed by atoms with Crippen molar-refractivity contribution in [1.82, 2.24) is 9.80 Å². The highest BCUT2D eigenvalue weighted by Gasteiger charge is 2.23. The Bertz CT molecular complexity index is 475. The van der Waals surface area contributed by atoms with E-state index in [0.29, 0.717) is 11.6 Å². The fourth-order valence-electron chi connectivity index (χ4n) is 2.91. The molecule has 1 fully saturated rings. The van der Waals surface area contributed by atoms with Crippen molar-refractivity contribution in [1.29, 1.82) is 0 Å². The minimum Gasteiger partial charge on any atom is -0.380 e. The van der Waals surface area contributed by atoms with E-state index in [4.69, 9.17) is 10.5 Å². The van der Waals surface area contributed by atoms with E-state index in [1.807, 2.05) is 19.1 Å². The average Bonchev–Trinajstić information content (AvgIpc) is 2.50. The van der Waals surface area contributed by atoms with Gasteiger partial charge in [-0.3, -0.25) is 14.6 Å². The smallest absolute Gasteiger partial charge is 0.248 e. The predicted octanol–water partition coefficient (Wildman–Crippen LogP) is 1.33. The van der Waals surface area contributed by atoms with Gasteiger partial charge in [0.25, 0.3) is 0 Å². The van der Waals surface area contributed by atoms with E-state index in [2.05, 4.69) is 16.7 Å². The van der Waals surface area contributed by atoms with Crippen LogP contribution in [0.1, 0.15) is 29.8 Å². The van der Waals surface area contributed by atoms with Crippen LogP contribution in [0.2, 0.25) is 0 Å². The van der Waals surface area contributed by atoms with E-state index in [0.717, 1.165) is 45.9 Å². The van der Waals surface area contributed by atoms with Crippen LogP contribution in [-0.4, -0.2) is 61.1 Å². The first kappa shape index (κ1) is 16.9. The fourth-order valence-corrected chi connectivity index (χ4v) is 2.91. The van der Waals surface area contributed by atoms with Gasteiger partial charge in [0, 0.05) is 50.9 Å². The van der Waals surface area contributed by atoms with Crippen LogP contribution in [0.3, 0.4) is 0 Å². The molecule has 0 aliphatic carbocycles. The van der Waals surface area contributed by atoms with E-state index in [-0.39, 0.29) is 5.91 Å². The molecule has 1 aliphatic heterocycles. The van der Waals surface area contributed by atoms with Crippen molar-refractivity contribution >= 4 is 5.91 Å². The number of hydrogen-bond donors (Lipinski definition) is 1. The van der Waals surface area contributed by atoms with Crippen LogP contribution in [0, 0.1) is 0 Å². The molecule has 1 heterocycles. The van der Waals surface area contributed by atoms with Gasteiger partial charge in [-0.25, -0.2) is 0 Å². The Balaban J connectivity index is 1.81. The summed E-state index contributed by atoms with van der Waals surface area (Å²) in [4.78, 5) is 16.0. The van der Waals surface area contributed by atoms with Crippen molar-refractivity contribution in [3.8, 4) is 0 Å². The summed E-state index contributed by atoms with van der Waals surface area (Å²) in [5.74, 6) is -0.372. The van der Waals surface area contributed by atoms with Gasteiger partial charge in [0.2, 0.25) is 5.91 Å². The normalized spacial score (nSPS) is 20.2. The van der Waals surface area contributed by atoms with Crippen molar-refractivity contribution in [3.63, 3.8) is 0 Å². The number of carbonyl (C=O) groups is 1. The van der Waals surface area contributed by atoms with Crippen LogP contribution < -0.4 is 5.73 Å². The molecule has 1 aliphatic rings. The number of nitrogens with zero attached hydrogens (tertiary/aromatic N) is 2. The maximum Gasteiger partial charge on any atom is 0.248 e. The molecular formula is C17H27N3O2. The number of nitrogens with two attached hydrogens (primary N) is 1. The number of benzene rings is 1. The molecule has 0 saturated carbocycles. The topological polar surface area (TPSA) is 58.8 Å². The molecule has 1 aromatic rings. The predicted molar refractivity (Wildman–Crippen MR) is 87.8 cm³/mol. The van der Waals surface area contributed by atoms with E-state index in [1.54, 1.807) is 12.1 Å². The summed E-state index contributed by atoms with van der Waals surface area (Å²) in [7, 11) is 0. The number of piperazine rings is 1. The maximum absolute atomic E-state index is 11.1. The van der Waals surface area contributed by atoms with Gasteiger partial charge < -0.3 is 10.5 Å².